The van der Waals surface area contributed by atoms with Crippen molar-refractivity contribution in [3.8, 4) is 22.7 Å². The molecule has 6 heteroatoms. The number of para-hydroxylation sites is 2. The smallest absolute Gasteiger partial charge is 0.118 e. The third-order valence-corrected chi connectivity index (χ3v) is 5.61. The Morgan fingerprint density at radius 1 is 0.848 bits per heavy atom. The molecule has 0 radical (unpaired) electrons. The van der Waals surface area contributed by atoms with Crippen LogP contribution in [0.3, 0.4) is 0 Å². The molecule has 0 aliphatic carbocycles. The number of hydrogen-bond acceptors (Lipinski definition) is 5. The van der Waals surface area contributed by atoms with Gasteiger partial charge in [0.15, 0.2) is 0 Å². The zero-order valence-corrected chi connectivity index (χ0v) is 18.5. The third kappa shape index (κ3) is 4.91. The monoisotopic (exact) mass is 435 g/mol. The molecule has 0 aliphatic rings. The van der Waals surface area contributed by atoms with Gasteiger partial charge in [0.2, 0.25) is 0 Å². The molecule has 5 aromatic rings. The van der Waals surface area contributed by atoms with Crippen molar-refractivity contribution in [2.75, 3.05) is 13.7 Å². The fourth-order valence-corrected chi connectivity index (χ4v) is 3.72. The van der Waals surface area contributed by atoms with Gasteiger partial charge < -0.3 is 10.1 Å². The molecule has 2 heterocycles. The van der Waals surface area contributed by atoms with Gasteiger partial charge in [-0.3, -0.25) is 4.98 Å². The van der Waals surface area contributed by atoms with Gasteiger partial charge in [-0.05, 0) is 60.5 Å². The molecule has 0 saturated heterocycles. The SMILES string of the molecule is COc1ccc(CNCCc2ccc(-n3cc(-c4cnc5ccccc5n4)cn3)cc2)cc1. The molecule has 0 bridgehead atoms. The Bertz CT molecular complexity index is 1340. The van der Waals surface area contributed by atoms with Crippen LogP contribution in [0, 0.1) is 0 Å². The van der Waals surface area contributed by atoms with E-state index in [1.165, 1.54) is 11.1 Å². The standard InChI is InChI=1S/C27H25N5O/c1-33-24-12-8-21(9-13-24)16-28-15-14-20-6-10-23(11-7-20)32-19-22(17-30-32)27-18-29-25-4-2-3-5-26(25)31-27/h2-13,17-19,28H,14-16H2,1H3. The van der Waals surface area contributed by atoms with Gasteiger partial charge in [-0.1, -0.05) is 36.4 Å². The minimum absolute atomic E-state index is 0.819. The molecule has 164 valence electrons. The second-order valence-corrected chi connectivity index (χ2v) is 7.86. The van der Waals surface area contributed by atoms with Crippen LogP contribution in [0.1, 0.15) is 11.1 Å². The average Bonchev–Trinajstić information content (AvgIpc) is 3.37. The van der Waals surface area contributed by atoms with E-state index >= 15 is 0 Å². The second-order valence-electron chi connectivity index (χ2n) is 7.86. The minimum Gasteiger partial charge on any atom is -0.497 e. The number of benzene rings is 3. The summed E-state index contributed by atoms with van der Waals surface area (Å²) in [5.41, 5.74) is 7.09. The summed E-state index contributed by atoms with van der Waals surface area (Å²) in [6.07, 6.45) is 6.58. The maximum Gasteiger partial charge on any atom is 0.118 e. The second kappa shape index (κ2) is 9.63. The van der Waals surface area contributed by atoms with Crippen LogP contribution in [-0.2, 0) is 13.0 Å². The number of methoxy groups -OCH3 is 1. The lowest BCUT2D eigenvalue weighted by atomic mass is 10.1. The molecule has 0 saturated carbocycles. The van der Waals surface area contributed by atoms with Gasteiger partial charge in [0.1, 0.15) is 5.75 Å². The largest absolute Gasteiger partial charge is 0.497 e. The van der Waals surface area contributed by atoms with Crippen molar-refractivity contribution in [2.45, 2.75) is 13.0 Å². The van der Waals surface area contributed by atoms with Crippen molar-refractivity contribution < 1.29 is 4.74 Å². The van der Waals surface area contributed by atoms with Crippen molar-refractivity contribution in [3.63, 3.8) is 0 Å². The fraction of sp³-hybridized carbons (Fsp3) is 0.148. The molecule has 0 amide bonds. The molecule has 0 spiro atoms. The molecule has 2 aromatic heterocycles. The van der Waals surface area contributed by atoms with Crippen LogP contribution in [-0.4, -0.2) is 33.4 Å². The van der Waals surface area contributed by atoms with Gasteiger partial charge in [-0.15, -0.1) is 0 Å². The maximum atomic E-state index is 5.20. The van der Waals surface area contributed by atoms with E-state index in [1.54, 1.807) is 13.3 Å². The molecule has 6 nitrogen and oxygen atoms in total. The predicted molar refractivity (Wildman–Crippen MR) is 131 cm³/mol. The van der Waals surface area contributed by atoms with E-state index < -0.39 is 0 Å². The Kier molecular flexibility index (Phi) is 6.08. The first kappa shape index (κ1) is 20.8. The highest BCUT2D eigenvalue weighted by Crippen LogP contribution is 2.20. The van der Waals surface area contributed by atoms with Crippen LogP contribution in [0.15, 0.2) is 91.4 Å². The summed E-state index contributed by atoms with van der Waals surface area (Å²) in [6.45, 7) is 1.76. The number of aromatic nitrogens is 4. The van der Waals surface area contributed by atoms with E-state index in [4.69, 9.17) is 9.72 Å². The number of hydrogen-bond donors (Lipinski definition) is 1. The zero-order valence-electron chi connectivity index (χ0n) is 18.5. The summed E-state index contributed by atoms with van der Waals surface area (Å²) in [5, 5.41) is 8.02. The molecule has 0 unspecified atom stereocenters. The van der Waals surface area contributed by atoms with Crippen molar-refractivity contribution >= 4 is 11.0 Å². The zero-order chi connectivity index (χ0) is 22.5. The summed E-state index contributed by atoms with van der Waals surface area (Å²) in [6, 6.07) is 24.5. The number of nitrogens with one attached hydrogen (secondary N) is 1. The van der Waals surface area contributed by atoms with Gasteiger partial charge >= 0.3 is 0 Å². The minimum atomic E-state index is 0.819. The van der Waals surface area contributed by atoms with Crippen molar-refractivity contribution in [1.29, 1.82) is 0 Å². The van der Waals surface area contributed by atoms with Crippen LogP contribution in [0.5, 0.6) is 5.75 Å². The molecule has 3 aromatic carbocycles. The normalized spacial score (nSPS) is 11.1. The molecule has 0 aliphatic heterocycles. The summed E-state index contributed by atoms with van der Waals surface area (Å²) < 4.78 is 7.07. The highest BCUT2D eigenvalue weighted by Gasteiger charge is 2.07. The summed E-state index contributed by atoms with van der Waals surface area (Å²) in [5.74, 6) is 0.883. The van der Waals surface area contributed by atoms with Gasteiger partial charge in [-0.25, -0.2) is 9.67 Å². The first-order valence-electron chi connectivity index (χ1n) is 11.0. The molecule has 0 fully saturated rings. The van der Waals surface area contributed by atoms with E-state index in [9.17, 15) is 0 Å². The Morgan fingerprint density at radius 3 is 2.39 bits per heavy atom. The summed E-state index contributed by atoms with van der Waals surface area (Å²) in [7, 11) is 1.68. The van der Waals surface area contributed by atoms with Gasteiger partial charge in [0, 0.05) is 18.3 Å². The number of ether oxygens (including phenoxy) is 1. The Balaban J connectivity index is 1.18. The molecule has 0 atom stereocenters. The van der Waals surface area contributed by atoms with Crippen molar-refractivity contribution in [3.05, 3.63) is 103 Å². The lowest BCUT2D eigenvalue weighted by Gasteiger charge is -2.07. The van der Waals surface area contributed by atoms with Crippen molar-refractivity contribution in [2.24, 2.45) is 0 Å². The Hall–Kier alpha value is -4.03. The number of fused-ring (bicyclic) bond motifs is 1. The molecule has 5 rings (SSSR count). The molecular weight excluding hydrogens is 410 g/mol. The molecule has 33 heavy (non-hydrogen) atoms. The lowest BCUT2D eigenvalue weighted by Crippen LogP contribution is -2.16. The molecular formula is C27H25N5O. The third-order valence-electron chi connectivity index (χ3n) is 5.61. The van der Waals surface area contributed by atoms with E-state index in [0.717, 1.165) is 53.2 Å². The number of rotatable bonds is 8. The Morgan fingerprint density at radius 2 is 1.61 bits per heavy atom. The van der Waals surface area contributed by atoms with E-state index in [2.05, 4.69) is 51.8 Å². The van der Waals surface area contributed by atoms with E-state index in [-0.39, 0.29) is 0 Å². The van der Waals surface area contributed by atoms with Gasteiger partial charge in [0.25, 0.3) is 0 Å². The van der Waals surface area contributed by atoms with Gasteiger partial charge in [0.05, 0.1) is 41.9 Å². The summed E-state index contributed by atoms with van der Waals surface area (Å²) >= 11 is 0. The van der Waals surface area contributed by atoms with Crippen LogP contribution in [0.4, 0.5) is 0 Å². The fourth-order valence-electron chi connectivity index (χ4n) is 3.72. The van der Waals surface area contributed by atoms with Gasteiger partial charge in [-0.2, -0.15) is 5.10 Å². The number of nitrogens with zero attached hydrogens (tertiary/aromatic N) is 4. The van der Waals surface area contributed by atoms with Crippen LogP contribution in [0.2, 0.25) is 0 Å². The predicted octanol–water partition coefficient (Wildman–Crippen LogP) is 4.82. The summed E-state index contributed by atoms with van der Waals surface area (Å²) in [4.78, 5) is 9.21. The van der Waals surface area contributed by atoms with Crippen molar-refractivity contribution in [1.82, 2.24) is 25.1 Å². The Labute approximate surface area is 192 Å². The topological polar surface area (TPSA) is 64.9 Å². The van der Waals surface area contributed by atoms with Crippen LogP contribution in [0.25, 0.3) is 28.0 Å². The van der Waals surface area contributed by atoms with E-state index in [0.29, 0.717) is 0 Å². The van der Waals surface area contributed by atoms with Crippen LogP contribution >= 0.6 is 0 Å². The molecule has 1 N–H and O–H groups in total. The average molecular weight is 436 g/mol. The van der Waals surface area contributed by atoms with Crippen LogP contribution < -0.4 is 10.1 Å². The maximum absolute atomic E-state index is 5.20. The highest BCUT2D eigenvalue weighted by atomic mass is 16.5. The first-order chi connectivity index (χ1) is 16.3. The lowest BCUT2D eigenvalue weighted by molar-refractivity contribution is 0.414. The quantitative estimate of drug-likeness (QED) is 0.354. The highest BCUT2D eigenvalue weighted by molar-refractivity contribution is 5.76. The van der Waals surface area contributed by atoms with E-state index in [1.807, 2.05) is 53.5 Å². The first-order valence-corrected chi connectivity index (χ1v) is 11.0.